The first-order valence-corrected chi connectivity index (χ1v) is 24.6. The number of carbonyl (C=O) groups is 4. The average molecular weight is 907 g/mol. The highest BCUT2D eigenvalue weighted by Gasteiger charge is 2.50. The summed E-state index contributed by atoms with van der Waals surface area (Å²) in [5.41, 5.74) is 3.47. The molecule has 0 aromatic heterocycles. The minimum Gasteiger partial charge on any atom is -0.480 e. The van der Waals surface area contributed by atoms with Gasteiger partial charge in [-0.2, -0.15) is 0 Å². The van der Waals surface area contributed by atoms with E-state index in [0.717, 1.165) is 47.8 Å². The molecule has 3 fully saturated rings. The topological polar surface area (TPSA) is 163 Å². The van der Waals surface area contributed by atoms with Crippen molar-refractivity contribution in [2.24, 2.45) is 23.7 Å². The van der Waals surface area contributed by atoms with Crippen LogP contribution < -0.4 is 5.32 Å². The van der Waals surface area contributed by atoms with Crippen LogP contribution in [0.3, 0.4) is 0 Å². The fourth-order valence-electron chi connectivity index (χ4n) is 8.38. The molecular weight excluding hydrogens is 821 g/mol. The van der Waals surface area contributed by atoms with Crippen LogP contribution in [-0.4, -0.2) is 95.0 Å². The summed E-state index contributed by atoms with van der Waals surface area (Å²) in [6, 6.07) is 9.07. The van der Waals surface area contributed by atoms with Crippen molar-refractivity contribution >= 4 is 29.1 Å². The van der Waals surface area contributed by atoms with E-state index < -0.39 is 41.5 Å². The number of Topliss-reactive ketones (excluding diaryl/α,β-unsaturated/α-hetero) is 2. The summed E-state index contributed by atoms with van der Waals surface area (Å²) in [6.45, 7) is 12.6. The van der Waals surface area contributed by atoms with Crippen LogP contribution in [0.25, 0.3) is 0 Å². The largest absolute Gasteiger partial charge is 0.480 e. The number of ether oxygens (including phenoxy) is 2. The monoisotopic (exact) mass is 907 g/mol. The molecule has 4 N–H and O–H groups in total. The van der Waals surface area contributed by atoms with Gasteiger partial charge in [-0.15, -0.1) is 0 Å². The zero-order valence-corrected chi connectivity index (χ0v) is 41.3. The summed E-state index contributed by atoms with van der Waals surface area (Å²) in [5, 5.41) is 33.0. The molecular formula is C54H86N2O9. The molecule has 7 atom stereocenters. The van der Waals surface area contributed by atoms with Crippen LogP contribution in [0.15, 0.2) is 77.9 Å². The lowest BCUT2D eigenvalue weighted by Gasteiger charge is -2.38. The third-order valence-corrected chi connectivity index (χ3v) is 13.4. The van der Waals surface area contributed by atoms with E-state index in [1.165, 1.54) is 56.9 Å². The maximum atomic E-state index is 12.5. The van der Waals surface area contributed by atoms with Crippen LogP contribution >= 0.6 is 0 Å². The fourth-order valence-corrected chi connectivity index (χ4v) is 8.38. The number of unbranched alkanes of at least 4 members (excludes halogenated alkanes) is 4. The van der Waals surface area contributed by atoms with Gasteiger partial charge in [-0.1, -0.05) is 126 Å². The van der Waals surface area contributed by atoms with Crippen molar-refractivity contribution in [2.45, 2.75) is 181 Å². The number of hydrogen-bond donors (Lipinski definition) is 4. The summed E-state index contributed by atoms with van der Waals surface area (Å²) in [6.07, 6.45) is 29.8. The quantitative estimate of drug-likeness (QED) is 0.0381. The summed E-state index contributed by atoms with van der Waals surface area (Å²) < 4.78 is 10.7. The van der Waals surface area contributed by atoms with E-state index in [2.05, 4.69) is 56.5 Å². The van der Waals surface area contributed by atoms with Crippen molar-refractivity contribution in [2.75, 3.05) is 32.6 Å². The van der Waals surface area contributed by atoms with Crippen LogP contribution in [0.2, 0.25) is 0 Å². The molecule has 7 unspecified atom stereocenters. The van der Waals surface area contributed by atoms with Gasteiger partial charge < -0.3 is 35.0 Å². The second kappa shape index (κ2) is 31.9. The van der Waals surface area contributed by atoms with E-state index in [-0.39, 0.29) is 31.3 Å². The molecule has 0 radical (unpaired) electrons. The molecule has 2 aliphatic heterocycles. The Balaban J connectivity index is 0.000000414. The fraction of sp³-hybridized carbons (Fsp3) is 0.667. The molecule has 65 heavy (non-hydrogen) atoms. The smallest absolute Gasteiger partial charge is 0.326 e. The molecule has 366 valence electrons. The number of para-hydroxylation sites is 1. The molecule has 1 aliphatic carbocycles. The second-order valence-corrected chi connectivity index (χ2v) is 18.8. The van der Waals surface area contributed by atoms with Gasteiger partial charge >= 0.3 is 5.97 Å². The lowest BCUT2D eigenvalue weighted by molar-refractivity contribution is -0.240. The number of nitrogens with one attached hydrogen (secondary N) is 1. The molecule has 1 aromatic rings. The van der Waals surface area contributed by atoms with Crippen molar-refractivity contribution in [1.82, 2.24) is 4.90 Å². The predicted molar refractivity (Wildman–Crippen MR) is 262 cm³/mol. The molecule has 11 heteroatoms. The Hall–Kier alpha value is -3.90. The second-order valence-electron chi connectivity index (χ2n) is 18.8. The molecule has 4 rings (SSSR count). The zero-order chi connectivity index (χ0) is 48.2. The van der Waals surface area contributed by atoms with Crippen molar-refractivity contribution in [1.29, 1.82) is 0 Å². The average Bonchev–Trinajstić information content (AvgIpc) is 3.31. The van der Waals surface area contributed by atoms with Gasteiger partial charge in [0.1, 0.15) is 11.8 Å². The van der Waals surface area contributed by atoms with E-state index in [0.29, 0.717) is 44.1 Å². The Labute approximate surface area is 392 Å². The number of piperidine rings is 1. The van der Waals surface area contributed by atoms with Gasteiger partial charge in [-0.05, 0) is 114 Å². The number of nitrogens with zero attached hydrogens (tertiary/aromatic N) is 1. The van der Waals surface area contributed by atoms with E-state index in [1.54, 1.807) is 6.92 Å². The van der Waals surface area contributed by atoms with Gasteiger partial charge in [-0.3, -0.25) is 14.4 Å². The van der Waals surface area contributed by atoms with Gasteiger partial charge in [0.05, 0.1) is 18.8 Å². The Morgan fingerprint density at radius 1 is 0.908 bits per heavy atom. The van der Waals surface area contributed by atoms with Crippen molar-refractivity contribution < 1.29 is 44.0 Å². The molecule has 1 aromatic carbocycles. The maximum Gasteiger partial charge on any atom is 0.326 e. The lowest BCUT2D eigenvalue weighted by Crippen LogP contribution is -2.59. The number of amides is 1. The van der Waals surface area contributed by atoms with Crippen molar-refractivity contribution in [3.8, 4) is 0 Å². The Bertz CT molecular complexity index is 1670. The highest BCUT2D eigenvalue weighted by molar-refractivity contribution is 6.39. The molecule has 11 nitrogen and oxygen atoms in total. The van der Waals surface area contributed by atoms with E-state index >= 15 is 0 Å². The zero-order valence-electron chi connectivity index (χ0n) is 41.3. The first-order chi connectivity index (χ1) is 31.0. The van der Waals surface area contributed by atoms with Crippen molar-refractivity contribution in [3.63, 3.8) is 0 Å². The standard InChI is InChI=1S/C33H56O3.C14H21NO6.C7H9N/c1-26(2)27(3)18-13-9-7-10-14-19-28(4)32(34)25-33(35)29(5)20-15-11-8-12-16-21-30-22-17-23-31(24-30)36-6;1-9-5-4-8-21-14(9,20)11(16)12(17)15-7-3-2-6-10(15)13(18)19;1-8-7-5-3-2-4-6-7/h7,9-10,13,18,20,26,28,30-31,33,35H,8,11-12,14-17,19,21-25H2,1-6H3;9-10,20H,2-8H2,1H3,(H,18,19);2-6,8H,1H3/b10-7+,13-9+,27-18+,29-20+;;. The van der Waals surface area contributed by atoms with Gasteiger partial charge in [0.2, 0.25) is 5.79 Å². The highest BCUT2D eigenvalue weighted by atomic mass is 16.6. The summed E-state index contributed by atoms with van der Waals surface area (Å²) in [7, 11) is 3.76. The SMILES string of the molecule is CC1CCCOC1(O)C(=O)C(=O)N1CCCCC1C(=O)O.CNc1ccccc1.COC1CCCC(CCCCCC/C=C(\C)C(O)CC(=O)C(C)CC/C=C/C=C/C=C(\C)C(C)C)C1. The first kappa shape index (κ1) is 57.2. The maximum absolute atomic E-state index is 12.5. The number of likely N-dealkylation sites (tertiary alicyclic amines) is 1. The third kappa shape index (κ3) is 21.5. The Morgan fingerprint density at radius 2 is 1.63 bits per heavy atom. The third-order valence-electron chi connectivity index (χ3n) is 13.4. The van der Waals surface area contributed by atoms with Crippen LogP contribution in [-0.2, 0) is 28.7 Å². The van der Waals surface area contributed by atoms with Gasteiger partial charge in [-0.25, -0.2) is 4.79 Å². The molecule has 2 saturated heterocycles. The number of aliphatic hydroxyl groups is 2. The molecule has 1 amide bonds. The van der Waals surface area contributed by atoms with Crippen LogP contribution in [0.5, 0.6) is 0 Å². The number of aliphatic carboxylic acids is 1. The number of aliphatic hydroxyl groups excluding tert-OH is 1. The van der Waals surface area contributed by atoms with Crippen LogP contribution in [0, 0.1) is 23.7 Å². The number of benzene rings is 1. The number of anilines is 1. The summed E-state index contributed by atoms with van der Waals surface area (Å²) in [4.78, 5) is 49.5. The number of ketones is 2. The van der Waals surface area contributed by atoms with Gasteiger partial charge in [0.15, 0.2) is 0 Å². The van der Waals surface area contributed by atoms with Gasteiger partial charge in [0, 0.05) is 44.6 Å². The summed E-state index contributed by atoms with van der Waals surface area (Å²) >= 11 is 0. The number of methoxy groups -OCH3 is 1. The Morgan fingerprint density at radius 3 is 2.28 bits per heavy atom. The number of carboxylic acids is 1. The van der Waals surface area contributed by atoms with E-state index in [4.69, 9.17) is 14.6 Å². The minimum absolute atomic E-state index is 0.0208. The Kier molecular flexibility index (Phi) is 28.1. The number of allylic oxidation sites excluding steroid dienone is 7. The van der Waals surface area contributed by atoms with E-state index in [9.17, 15) is 29.4 Å². The molecule has 0 bridgehead atoms. The number of carboxylic acid groups (broad SMARTS) is 1. The highest BCUT2D eigenvalue weighted by Crippen LogP contribution is 2.32. The lowest BCUT2D eigenvalue weighted by atomic mass is 9.84. The molecule has 3 aliphatic rings. The van der Waals surface area contributed by atoms with Crippen molar-refractivity contribution in [3.05, 3.63) is 77.9 Å². The normalized spacial score (nSPS) is 23.8. The van der Waals surface area contributed by atoms with E-state index in [1.807, 2.05) is 64.4 Å². The number of rotatable bonds is 22. The van der Waals surface area contributed by atoms with Gasteiger partial charge in [0.25, 0.3) is 11.7 Å². The number of carbonyl (C=O) groups excluding carboxylic acids is 3. The molecule has 0 spiro atoms. The first-order valence-electron chi connectivity index (χ1n) is 24.6. The predicted octanol–water partition coefficient (Wildman–Crippen LogP) is 10.8. The van der Waals surface area contributed by atoms with Crippen LogP contribution in [0.4, 0.5) is 5.69 Å². The van der Waals surface area contributed by atoms with Crippen LogP contribution in [0.1, 0.15) is 157 Å². The summed E-state index contributed by atoms with van der Waals surface area (Å²) in [5.74, 6) is -4.19. The molecule has 1 saturated carbocycles. The minimum atomic E-state index is -2.13. The molecule has 2 heterocycles. The number of hydrogen-bond acceptors (Lipinski definition) is 9.